The van der Waals surface area contributed by atoms with E-state index in [1.54, 1.807) is 12.0 Å². The summed E-state index contributed by atoms with van der Waals surface area (Å²) in [6.07, 6.45) is 4.27. The van der Waals surface area contributed by atoms with Crippen LogP contribution in [0.1, 0.15) is 32.1 Å². The van der Waals surface area contributed by atoms with Crippen LogP contribution in [0.3, 0.4) is 0 Å². The number of carbonyl (C=O) groups is 2. The molecule has 0 radical (unpaired) electrons. The Morgan fingerprint density at radius 3 is 2.53 bits per heavy atom. The van der Waals surface area contributed by atoms with Gasteiger partial charge in [-0.3, -0.25) is 9.59 Å². The van der Waals surface area contributed by atoms with Crippen LogP contribution in [0.25, 0.3) is 0 Å². The van der Waals surface area contributed by atoms with E-state index >= 15 is 0 Å². The number of halogens is 1. The number of nitrogens with zero attached hydrogens (tertiary/aromatic N) is 1. The topological polar surface area (TPSA) is 66.8 Å². The van der Waals surface area contributed by atoms with E-state index in [9.17, 15) is 9.59 Å². The van der Waals surface area contributed by atoms with Crippen LogP contribution in [0.15, 0.2) is 0 Å². The van der Waals surface area contributed by atoms with Crippen molar-refractivity contribution in [1.82, 2.24) is 4.90 Å². The van der Waals surface area contributed by atoms with Crippen LogP contribution >= 0.6 is 12.4 Å². The molecule has 110 valence electrons. The fraction of sp³-hybridized carbons (Fsp3) is 0.846. The summed E-state index contributed by atoms with van der Waals surface area (Å²) in [4.78, 5) is 25.2. The number of hydrogen-bond acceptors (Lipinski definition) is 3. The Morgan fingerprint density at radius 1 is 1.42 bits per heavy atom. The van der Waals surface area contributed by atoms with Gasteiger partial charge in [-0.1, -0.05) is 6.42 Å². The first-order chi connectivity index (χ1) is 8.59. The first-order valence-electron chi connectivity index (χ1n) is 6.60. The third-order valence-corrected chi connectivity index (χ3v) is 4.37. The summed E-state index contributed by atoms with van der Waals surface area (Å²) in [5.74, 6) is -1.02. The van der Waals surface area contributed by atoms with E-state index in [1.807, 2.05) is 0 Å². The molecule has 0 bridgehead atoms. The van der Waals surface area contributed by atoms with Crippen LogP contribution in [-0.2, 0) is 14.3 Å². The molecule has 2 aliphatic rings. The third kappa shape index (κ3) is 3.20. The van der Waals surface area contributed by atoms with Gasteiger partial charge in [0.05, 0.1) is 11.3 Å². The lowest BCUT2D eigenvalue weighted by Gasteiger charge is -2.42. The van der Waals surface area contributed by atoms with E-state index in [0.717, 1.165) is 25.7 Å². The lowest BCUT2D eigenvalue weighted by Crippen LogP contribution is -2.47. The largest absolute Gasteiger partial charge is 0.481 e. The van der Waals surface area contributed by atoms with E-state index in [4.69, 9.17) is 9.84 Å². The zero-order valence-corrected chi connectivity index (χ0v) is 12.1. The molecule has 1 N–H and O–H groups in total. The average Bonchev–Trinajstić information content (AvgIpc) is 2.76. The molecule has 6 heteroatoms. The molecule has 0 aromatic carbocycles. The number of aliphatic carboxylic acids is 1. The number of methoxy groups -OCH3 is 1. The van der Waals surface area contributed by atoms with Crippen LogP contribution in [-0.4, -0.2) is 48.7 Å². The summed E-state index contributed by atoms with van der Waals surface area (Å²) in [6, 6.07) is 0. The van der Waals surface area contributed by atoms with Crippen molar-refractivity contribution in [2.24, 2.45) is 11.3 Å². The lowest BCUT2D eigenvalue weighted by atomic mass is 9.66. The quantitative estimate of drug-likeness (QED) is 0.834. The Bertz CT molecular complexity index is 344. The molecule has 19 heavy (non-hydrogen) atoms. The molecule has 0 spiro atoms. The highest BCUT2D eigenvalue weighted by atomic mass is 35.5. The molecule has 1 heterocycles. The minimum atomic E-state index is -0.787. The molecule has 0 aromatic heterocycles. The number of carboxylic acid groups (broad SMARTS) is 1. The van der Waals surface area contributed by atoms with Crippen molar-refractivity contribution in [3.05, 3.63) is 0 Å². The molecular formula is C13H22ClNO4. The molecular weight excluding hydrogens is 270 g/mol. The van der Waals surface area contributed by atoms with E-state index in [-0.39, 0.29) is 29.6 Å². The zero-order valence-electron chi connectivity index (χ0n) is 11.3. The van der Waals surface area contributed by atoms with Gasteiger partial charge in [0.1, 0.15) is 0 Å². The summed E-state index contributed by atoms with van der Waals surface area (Å²) in [6.45, 7) is 1.56. The minimum absolute atomic E-state index is 0. The van der Waals surface area contributed by atoms with Crippen molar-refractivity contribution in [3.8, 4) is 0 Å². The van der Waals surface area contributed by atoms with Crippen LogP contribution in [0.4, 0.5) is 0 Å². The van der Waals surface area contributed by atoms with Crippen LogP contribution < -0.4 is 0 Å². The number of carbonyl (C=O) groups excluding carboxylic acids is 1. The number of ether oxygens (including phenoxy) is 1. The van der Waals surface area contributed by atoms with Gasteiger partial charge in [-0.2, -0.15) is 0 Å². The van der Waals surface area contributed by atoms with Crippen molar-refractivity contribution >= 4 is 24.3 Å². The van der Waals surface area contributed by atoms with Gasteiger partial charge in [-0.15, -0.1) is 12.4 Å². The Labute approximate surface area is 119 Å². The fourth-order valence-corrected chi connectivity index (χ4v) is 2.95. The van der Waals surface area contributed by atoms with Gasteiger partial charge >= 0.3 is 5.97 Å². The van der Waals surface area contributed by atoms with Crippen LogP contribution in [0.2, 0.25) is 0 Å². The minimum Gasteiger partial charge on any atom is -0.481 e. The number of carboxylic acids is 1. The number of likely N-dealkylation sites (tertiary alicyclic amines) is 1. The molecule has 1 aliphatic carbocycles. The molecule has 0 aromatic rings. The van der Waals surface area contributed by atoms with Crippen molar-refractivity contribution in [1.29, 1.82) is 0 Å². The average molecular weight is 292 g/mol. The van der Waals surface area contributed by atoms with Gasteiger partial charge < -0.3 is 14.7 Å². The van der Waals surface area contributed by atoms with Gasteiger partial charge in [0.2, 0.25) is 5.91 Å². The van der Waals surface area contributed by atoms with E-state index in [2.05, 4.69) is 0 Å². The summed E-state index contributed by atoms with van der Waals surface area (Å²) < 4.78 is 5.08. The first kappa shape index (κ1) is 16.2. The molecule has 1 saturated carbocycles. The van der Waals surface area contributed by atoms with E-state index in [1.165, 1.54) is 0 Å². The SMILES string of the molecule is COCCC1(C(=O)N2CCC(C(=O)O)C2)CCC1.Cl. The van der Waals surface area contributed by atoms with Gasteiger partial charge in [0, 0.05) is 26.8 Å². The summed E-state index contributed by atoms with van der Waals surface area (Å²) in [7, 11) is 1.65. The molecule has 1 saturated heterocycles. The first-order valence-corrected chi connectivity index (χ1v) is 6.60. The van der Waals surface area contributed by atoms with E-state index in [0.29, 0.717) is 26.1 Å². The maximum atomic E-state index is 12.5. The predicted molar refractivity (Wildman–Crippen MR) is 72.3 cm³/mol. The standard InChI is InChI=1S/C13H21NO4.ClH/c1-18-8-6-13(4-2-5-13)12(17)14-7-3-10(9-14)11(15)16;/h10H,2-9H2,1H3,(H,15,16);1H. The van der Waals surface area contributed by atoms with Crippen LogP contribution in [0, 0.1) is 11.3 Å². The molecule has 2 fully saturated rings. The zero-order chi connectivity index (χ0) is 13.2. The van der Waals surface area contributed by atoms with Crippen molar-refractivity contribution < 1.29 is 19.4 Å². The fourth-order valence-electron chi connectivity index (χ4n) is 2.95. The van der Waals surface area contributed by atoms with Crippen LogP contribution in [0.5, 0.6) is 0 Å². The van der Waals surface area contributed by atoms with Crippen molar-refractivity contribution in [3.63, 3.8) is 0 Å². The molecule has 1 amide bonds. The highest BCUT2D eigenvalue weighted by Gasteiger charge is 2.47. The molecule has 1 atom stereocenters. The predicted octanol–water partition coefficient (Wildman–Crippen LogP) is 1.55. The van der Waals surface area contributed by atoms with Gasteiger partial charge in [-0.25, -0.2) is 0 Å². The van der Waals surface area contributed by atoms with Gasteiger partial charge in [0.15, 0.2) is 0 Å². The molecule has 5 nitrogen and oxygen atoms in total. The third-order valence-electron chi connectivity index (χ3n) is 4.37. The second-order valence-corrected chi connectivity index (χ2v) is 5.45. The molecule has 1 aliphatic heterocycles. The normalized spacial score (nSPS) is 24.5. The second-order valence-electron chi connectivity index (χ2n) is 5.45. The number of amides is 1. The Hall–Kier alpha value is -0.810. The molecule has 1 unspecified atom stereocenters. The van der Waals surface area contributed by atoms with E-state index < -0.39 is 5.97 Å². The Morgan fingerprint density at radius 2 is 2.11 bits per heavy atom. The number of rotatable bonds is 5. The summed E-state index contributed by atoms with van der Waals surface area (Å²) in [5, 5.41) is 8.97. The second kappa shape index (κ2) is 6.57. The maximum Gasteiger partial charge on any atom is 0.308 e. The Kier molecular flexibility index (Phi) is 5.62. The van der Waals surface area contributed by atoms with Crippen molar-refractivity contribution in [2.45, 2.75) is 32.1 Å². The summed E-state index contributed by atoms with van der Waals surface area (Å²) in [5.41, 5.74) is -0.261. The van der Waals surface area contributed by atoms with Gasteiger partial charge in [0.25, 0.3) is 0 Å². The molecule has 2 rings (SSSR count). The monoisotopic (exact) mass is 291 g/mol. The summed E-state index contributed by atoms with van der Waals surface area (Å²) >= 11 is 0. The van der Waals surface area contributed by atoms with Crippen molar-refractivity contribution in [2.75, 3.05) is 26.8 Å². The highest BCUT2D eigenvalue weighted by molar-refractivity contribution is 5.85. The maximum absolute atomic E-state index is 12.5. The number of hydrogen-bond donors (Lipinski definition) is 1. The smallest absolute Gasteiger partial charge is 0.308 e. The van der Waals surface area contributed by atoms with Gasteiger partial charge in [-0.05, 0) is 25.7 Å². The Balaban J connectivity index is 0.00000180. The highest BCUT2D eigenvalue weighted by Crippen LogP contribution is 2.46. The lowest BCUT2D eigenvalue weighted by molar-refractivity contribution is -0.148.